The molecule has 2 aliphatic rings. The van der Waals surface area contributed by atoms with Crippen molar-refractivity contribution >= 4 is 0 Å². The van der Waals surface area contributed by atoms with Crippen LogP contribution in [-0.2, 0) is 24.5 Å². The van der Waals surface area contributed by atoms with Crippen LogP contribution < -0.4 is 5.73 Å². The summed E-state index contributed by atoms with van der Waals surface area (Å²) in [5.74, 6) is -0.690. The Hall–Kier alpha value is -2.54. The molecule has 0 amide bonds. The van der Waals surface area contributed by atoms with Gasteiger partial charge in [0.15, 0.2) is 5.79 Å². The summed E-state index contributed by atoms with van der Waals surface area (Å²) in [5, 5.41) is 0. The number of hydrogen-bond donors (Lipinski definition) is 1. The van der Waals surface area contributed by atoms with Crippen molar-refractivity contribution in [2.45, 2.75) is 49.8 Å². The van der Waals surface area contributed by atoms with Crippen LogP contribution in [0.5, 0.6) is 0 Å². The number of ether oxygens (including phenoxy) is 4. The summed E-state index contributed by atoms with van der Waals surface area (Å²) in [6.07, 6.45) is -1.47. The van der Waals surface area contributed by atoms with Crippen molar-refractivity contribution in [2.24, 2.45) is 5.73 Å². The average Bonchev–Trinajstić information content (AvgIpc) is 3.29. The van der Waals surface area contributed by atoms with E-state index in [-0.39, 0.29) is 18.3 Å². The molecule has 0 radical (unpaired) electrons. The minimum atomic E-state index is -0.815. The second-order valence-electron chi connectivity index (χ2n) is 8.79. The van der Waals surface area contributed by atoms with E-state index in [0.29, 0.717) is 6.61 Å². The van der Waals surface area contributed by atoms with Crippen LogP contribution in [0.15, 0.2) is 91.0 Å². The molecule has 0 aliphatic carbocycles. The molecule has 166 valence electrons. The Morgan fingerprint density at radius 2 is 1.19 bits per heavy atom. The monoisotopic (exact) mass is 431 g/mol. The highest BCUT2D eigenvalue weighted by Crippen LogP contribution is 2.42. The van der Waals surface area contributed by atoms with Crippen LogP contribution in [0.1, 0.15) is 30.5 Å². The van der Waals surface area contributed by atoms with Gasteiger partial charge in [-0.3, -0.25) is 0 Å². The van der Waals surface area contributed by atoms with Crippen LogP contribution in [0.2, 0.25) is 0 Å². The lowest BCUT2D eigenvalue weighted by atomic mass is 9.80. The zero-order valence-corrected chi connectivity index (χ0v) is 18.4. The van der Waals surface area contributed by atoms with Gasteiger partial charge in [0.05, 0.1) is 6.61 Å². The standard InChI is InChI=1S/C27H29NO4/c1-26(2)31-23-22(30-25(28)24(23)32-26)18-29-27(19-12-6-3-7-13-19,20-14-8-4-9-15-20)21-16-10-5-11-17-21/h3-17,22-25H,18,28H2,1-2H3/t22-,23+,24?,25?/m1/s1. The lowest BCUT2D eigenvalue weighted by molar-refractivity contribution is -0.194. The smallest absolute Gasteiger partial charge is 0.164 e. The van der Waals surface area contributed by atoms with E-state index in [1.807, 2.05) is 68.4 Å². The van der Waals surface area contributed by atoms with E-state index in [1.54, 1.807) is 0 Å². The van der Waals surface area contributed by atoms with Crippen molar-refractivity contribution in [2.75, 3.05) is 6.61 Å². The molecule has 2 unspecified atom stereocenters. The zero-order chi connectivity index (χ0) is 22.2. The second kappa shape index (κ2) is 8.43. The first kappa shape index (κ1) is 21.3. The van der Waals surface area contributed by atoms with Crippen molar-refractivity contribution < 1.29 is 18.9 Å². The minimum Gasteiger partial charge on any atom is -0.358 e. The maximum absolute atomic E-state index is 6.88. The number of fused-ring (bicyclic) bond motifs is 1. The van der Waals surface area contributed by atoms with E-state index in [4.69, 9.17) is 24.7 Å². The first-order chi connectivity index (χ1) is 15.5. The van der Waals surface area contributed by atoms with Crippen molar-refractivity contribution in [3.05, 3.63) is 108 Å². The van der Waals surface area contributed by atoms with E-state index in [2.05, 4.69) is 36.4 Å². The maximum Gasteiger partial charge on any atom is 0.164 e. The average molecular weight is 432 g/mol. The Kier molecular flexibility index (Phi) is 5.61. The summed E-state index contributed by atoms with van der Waals surface area (Å²) >= 11 is 0. The Balaban J connectivity index is 1.55. The van der Waals surface area contributed by atoms with Crippen LogP contribution in [-0.4, -0.2) is 36.9 Å². The summed E-state index contributed by atoms with van der Waals surface area (Å²) in [6.45, 7) is 4.10. The van der Waals surface area contributed by atoms with Gasteiger partial charge in [-0.1, -0.05) is 91.0 Å². The van der Waals surface area contributed by atoms with Gasteiger partial charge in [-0.2, -0.15) is 0 Å². The van der Waals surface area contributed by atoms with Crippen molar-refractivity contribution in [1.82, 2.24) is 0 Å². The quantitative estimate of drug-likeness (QED) is 0.593. The lowest BCUT2D eigenvalue weighted by Crippen LogP contribution is -2.39. The SMILES string of the molecule is CC1(C)OC2C(N)O[C@H](COC(c3ccccc3)(c3ccccc3)c3ccccc3)[C@@H]2O1. The molecule has 5 heteroatoms. The molecule has 4 atom stereocenters. The van der Waals surface area contributed by atoms with Gasteiger partial charge in [-0.25, -0.2) is 0 Å². The summed E-state index contributed by atoms with van der Waals surface area (Å²) in [5.41, 5.74) is 8.53. The number of benzene rings is 3. The molecule has 5 nitrogen and oxygen atoms in total. The van der Waals surface area contributed by atoms with Gasteiger partial charge < -0.3 is 24.7 Å². The molecule has 2 saturated heterocycles. The second-order valence-corrected chi connectivity index (χ2v) is 8.79. The fourth-order valence-corrected chi connectivity index (χ4v) is 4.83. The Bertz CT molecular complexity index is 929. The van der Waals surface area contributed by atoms with Crippen molar-refractivity contribution in [3.63, 3.8) is 0 Å². The molecule has 0 aromatic heterocycles. The summed E-state index contributed by atoms with van der Waals surface area (Å²) in [6, 6.07) is 30.9. The first-order valence-corrected chi connectivity index (χ1v) is 11.1. The van der Waals surface area contributed by atoms with E-state index < -0.39 is 17.6 Å². The molecule has 3 aromatic carbocycles. The molecular weight excluding hydrogens is 402 g/mol. The third-order valence-corrected chi connectivity index (χ3v) is 6.19. The fraction of sp³-hybridized carbons (Fsp3) is 0.333. The van der Waals surface area contributed by atoms with Gasteiger partial charge in [0, 0.05) is 0 Å². The topological polar surface area (TPSA) is 62.9 Å². The maximum atomic E-state index is 6.88. The normalized spacial score (nSPS) is 26.7. The molecule has 32 heavy (non-hydrogen) atoms. The predicted molar refractivity (Wildman–Crippen MR) is 122 cm³/mol. The zero-order valence-electron chi connectivity index (χ0n) is 18.4. The predicted octanol–water partition coefficient (Wildman–Crippen LogP) is 4.20. The van der Waals surface area contributed by atoms with Gasteiger partial charge in [-0.15, -0.1) is 0 Å². The molecule has 2 heterocycles. The van der Waals surface area contributed by atoms with Crippen molar-refractivity contribution in [1.29, 1.82) is 0 Å². The van der Waals surface area contributed by atoms with Crippen LogP contribution >= 0.6 is 0 Å². The molecule has 0 saturated carbocycles. The van der Waals surface area contributed by atoms with E-state index in [1.165, 1.54) is 0 Å². The summed E-state index contributed by atoms with van der Waals surface area (Å²) < 4.78 is 25.0. The Morgan fingerprint density at radius 1 is 0.750 bits per heavy atom. The van der Waals surface area contributed by atoms with Crippen LogP contribution in [0.3, 0.4) is 0 Å². The highest BCUT2D eigenvalue weighted by atomic mass is 16.8. The highest BCUT2D eigenvalue weighted by Gasteiger charge is 2.54. The Morgan fingerprint density at radius 3 is 1.66 bits per heavy atom. The minimum absolute atomic E-state index is 0.278. The third-order valence-electron chi connectivity index (χ3n) is 6.19. The molecular formula is C27H29NO4. The van der Waals surface area contributed by atoms with Gasteiger partial charge >= 0.3 is 0 Å². The largest absolute Gasteiger partial charge is 0.358 e. The Labute approximate surface area is 189 Å². The number of rotatable bonds is 6. The fourth-order valence-electron chi connectivity index (χ4n) is 4.83. The number of hydrogen-bond acceptors (Lipinski definition) is 5. The molecule has 2 fully saturated rings. The number of nitrogens with two attached hydrogens (primary N) is 1. The van der Waals surface area contributed by atoms with Crippen LogP contribution in [0.4, 0.5) is 0 Å². The molecule has 3 aromatic rings. The molecule has 5 rings (SSSR count). The van der Waals surface area contributed by atoms with E-state index in [9.17, 15) is 0 Å². The first-order valence-electron chi connectivity index (χ1n) is 11.1. The van der Waals surface area contributed by atoms with Gasteiger partial charge in [0.25, 0.3) is 0 Å². The van der Waals surface area contributed by atoms with Gasteiger partial charge in [-0.05, 0) is 30.5 Å². The van der Waals surface area contributed by atoms with Crippen molar-refractivity contribution in [3.8, 4) is 0 Å². The molecule has 2 aliphatic heterocycles. The summed E-state index contributed by atoms with van der Waals surface area (Å²) in [7, 11) is 0. The van der Waals surface area contributed by atoms with Gasteiger partial charge in [0.1, 0.15) is 30.1 Å². The van der Waals surface area contributed by atoms with Crippen LogP contribution in [0.25, 0.3) is 0 Å². The van der Waals surface area contributed by atoms with Crippen LogP contribution in [0, 0.1) is 0 Å². The molecule has 0 bridgehead atoms. The van der Waals surface area contributed by atoms with Gasteiger partial charge in [0.2, 0.25) is 0 Å². The molecule has 2 N–H and O–H groups in total. The molecule has 0 spiro atoms. The summed E-state index contributed by atoms with van der Waals surface area (Å²) in [4.78, 5) is 0. The third kappa shape index (κ3) is 3.76. The van der Waals surface area contributed by atoms with E-state index in [0.717, 1.165) is 16.7 Å². The highest BCUT2D eigenvalue weighted by molar-refractivity contribution is 5.47. The van der Waals surface area contributed by atoms with E-state index >= 15 is 0 Å². The lowest BCUT2D eigenvalue weighted by Gasteiger charge is -2.37.